The molecule has 2 atom stereocenters. The number of halogens is 1. The topological polar surface area (TPSA) is 70.4 Å². The summed E-state index contributed by atoms with van der Waals surface area (Å²) in [6.45, 7) is 1.92. The van der Waals surface area contributed by atoms with Gasteiger partial charge in [-0.15, -0.1) is 10.1 Å². The van der Waals surface area contributed by atoms with Gasteiger partial charge in [-0.2, -0.15) is 0 Å². The zero-order chi connectivity index (χ0) is 22.7. The Morgan fingerprint density at radius 2 is 1.81 bits per heavy atom. The second-order valence-corrected chi connectivity index (χ2v) is 8.52. The predicted molar refractivity (Wildman–Crippen MR) is 126 cm³/mol. The summed E-state index contributed by atoms with van der Waals surface area (Å²) >= 11 is 3.44. The van der Waals surface area contributed by atoms with E-state index in [9.17, 15) is 9.59 Å². The molecule has 3 aromatic rings. The summed E-state index contributed by atoms with van der Waals surface area (Å²) in [5, 5.41) is 2.92. The van der Waals surface area contributed by atoms with Crippen molar-refractivity contribution in [1.29, 1.82) is 0 Å². The van der Waals surface area contributed by atoms with E-state index in [1.165, 1.54) is 0 Å². The lowest BCUT2D eigenvalue weighted by atomic mass is 9.99. The molecule has 0 radical (unpaired) electrons. The number of hydrazone groups is 1. The van der Waals surface area contributed by atoms with Crippen molar-refractivity contribution in [2.45, 2.75) is 19.0 Å². The molecule has 1 aliphatic heterocycles. The van der Waals surface area contributed by atoms with Crippen LogP contribution >= 0.6 is 15.9 Å². The van der Waals surface area contributed by atoms with Crippen LogP contribution in [-0.2, 0) is 4.79 Å². The molecule has 1 heterocycles. The average molecular weight is 493 g/mol. The maximum Gasteiger partial charge on any atom is 0.304 e. The molecule has 1 fully saturated rings. The van der Waals surface area contributed by atoms with Crippen molar-refractivity contribution in [3.8, 4) is 5.75 Å². The van der Waals surface area contributed by atoms with Gasteiger partial charge in [0.1, 0.15) is 5.75 Å². The number of amides is 2. The van der Waals surface area contributed by atoms with Gasteiger partial charge in [-0.3, -0.25) is 9.59 Å². The summed E-state index contributed by atoms with van der Waals surface area (Å²) in [4.78, 5) is 25.9. The molecule has 0 unspecified atom stereocenters. The van der Waals surface area contributed by atoms with E-state index in [4.69, 9.17) is 4.74 Å². The van der Waals surface area contributed by atoms with Crippen LogP contribution in [0.15, 0.2) is 77.3 Å². The third-order valence-corrected chi connectivity index (χ3v) is 5.85. The highest BCUT2D eigenvalue weighted by Gasteiger charge is 2.47. The number of hydrogen-bond acceptors (Lipinski definition) is 3. The van der Waals surface area contributed by atoms with Crippen molar-refractivity contribution in [2.75, 3.05) is 7.11 Å². The predicted octanol–water partition coefficient (Wildman–Crippen LogP) is 3.78. The normalized spacial score (nSPS) is 19.0. The molecule has 162 valence electrons. The first-order chi connectivity index (χ1) is 15.4. The van der Waals surface area contributed by atoms with E-state index in [-0.39, 0.29) is 11.8 Å². The minimum absolute atomic E-state index is 0.278. The molecule has 6 nitrogen and oxygen atoms in total. The fourth-order valence-electron chi connectivity index (χ4n) is 3.70. The number of hydrogen-bond donors (Lipinski definition) is 2. The number of nitrogens with zero attached hydrogens (tertiary/aromatic N) is 1. The van der Waals surface area contributed by atoms with Crippen LogP contribution in [0.4, 0.5) is 0 Å². The van der Waals surface area contributed by atoms with Crippen LogP contribution in [0, 0.1) is 6.92 Å². The van der Waals surface area contributed by atoms with Crippen molar-refractivity contribution >= 4 is 34.0 Å². The van der Waals surface area contributed by atoms with E-state index < -0.39 is 12.1 Å². The highest BCUT2D eigenvalue weighted by Crippen LogP contribution is 2.27. The lowest BCUT2D eigenvalue weighted by Gasteiger charge is -2.15. The summed E-state index contributed by atoms with van der Waals surface area (Å²) in [6, 6.07) is 21.3. The monoisotopic (exact) mass is 492 g/mol. The van der Waals surface area contributed by atoms with Gasteiger partial charge < -0.3 is 10.1 Å². The van der Waals surface area contributed by atoms with Crippen molar-refractivity contribution in [1.82, 2.24) is 10.7 Å². The molecule has 0 bridgehead atoms. The Bertz CT molecular complexity index is 1170. The van der Waals surface area contributed by atoms with Crippen LogP contribution in [0.2, 0.25) is 0 Å². The molecule has 1 saturated heterocycles. The summed E-state index contributed by atoms with van der Waals surface area (Å²) in [5.41, 5.74) is 6.17. The van der Waals surface area contributed by atoms with Crippen LogP contribution in [0.5, 0.6) is 5.75 Å². The summed E-state index contributed by atoms with van der Waals surface area (Å²) < 4.78 is 7.98. The van der Waals surface area contributed by atoms with Gasteiger partial charge in [0.25, 0.3) is 5.91 Å². The standard InChI is InChI=1S/C25H22BrN3O3/c1-16-4-3-5-19(14-16)24(30)27-22-23(18-8-12-21(32-2)13-9-18)29(28-25(22)31)15-17-6-10-20(26)11-7-17/h3-15,22-23H,1-2H3,(H-,27,28,30,31)/p+1/b29-15-/t22-,23+/m1/s1. The SMILES string of the molecule is COc1ccc([C@H]2[C@@H](NC(=O)c3cccc(C)c3)C(=O)N/[N+]2=C\c2ccc(Br)cc2)cc1. The molecule has 2 amide bonds. The number of nitrogens with one attached hydrogen (secondary N) is 2. The molecule has 32 heavy (non-hydrogen) atoms. The lowest BCUT2D eigenvalue weighted by molar-refractivity contribution is -0.596. The Hall–Kier alpha value is -3.45. The Morgan fingerprint density at radius 1 is 1.09 bits per heavy atom. The summed E-state index contributed by atoms with van der Waals surface area (Å²) in [7, 11) is 1.61. The average Bonchev–Trinajstić information content (AvgIpc) is 3.09. The Balaban J connectivity index is 1.70. The van der Waals surface area contributed by atoms with E-state index in [1.807, 2.05) is 73.8 Å². The van der Waals surface area contributed by atoms with Crippen LogP contribution in [0.25, 0.3) is 0 Å². The number of benzene rings is 3. The van der Waals surface area contributed by atoms with Gasteiger partial charge in [-0.05, 0) is 67.6 Å². The molecule has 7 heteroatoms. The van der Waals surface area contributed by atoms with Crippen LogP contribution in [0.3, 0.4) is 0 Å². The Morgan fingerprint density at radius 3 is 2.47 bits per heavy atom. The molecular formula is C25H23BrN3O3+. The number of methoxy groups -OCH3 is 1. The minimum atomic E-state index is -0.775. The largest absolute Gasteiger partial charge is 0.497 e. The molecule has 3 aromatic carbocycles. The molecule has 0 saturated carbocycles. The molecule has 0 spiro atoms. The molecular weight excluding hydrogens is 470 g/mol. The van der Waals surface area contributed by atoms with Gasteiger partial charge in [0.05, 0.1) is 7.11 Å². The number of rotatable bonds is 5. The first-order valence-electron chi connectivity index (χ1n) is 10.2. The number of carbonyl (C=O) groups excluding carboxylic acids is 2. The van der Waals surface area contributed by atoms with Crippen LogP contribution in [0.1, 0.15) is 33.1 Å². The zero-order valence-corrected chi connectivity index (χ0v) is 19.3. The number of hydrazine groups is 1. The zero-order valence-electron chi connectivity index (χ0n) is 17.7. The van der Waals surface area contributed by atoms with E-state index in [0.29, 0.717) is 5.56 Å². The van der Waals surface area contributed by atoms with Crippen molar-refractivity contribution in [3.63, 3.8) is 0 Å². The molecule has 0 aliphatic carbocycles. The van der Waals surface area contributed by atoms with E-state index in [2.05, 4.69) is 26.7 Å². The summed E-state index contributed by atoms with van der Waals surface area (Å²) in [5.74, 6) is 0.146. The summed E-state index contributed by atoms with van der Waals surface area (Å²) in [6.07, 6.45) is 1.86. The van der Waals surface area contributed by atoms with Crippen molar-refractivity contribution in [3.05, 3.63) is 99.5 Å². The molecule has 4 rings (SSSR count). The highest BCUT2D eigenvalue weighted by atomic mass is 79.9. The minimum Gasteiger partial charge on any atom is -0.497 e. The van der Waals surface area contributed by atoms with Gasteiger partial charge in [0.15, 0.2) is 6.04 Å². The smallest absolute Gasteiger partial charge is 0.304 e. The Kier molecular flexibility index (Phi) is 6.37. The van der Waals surface area contributed by atoms with Gasteiger partial charge >= 0.3 is 5.91 Å². The third-order valence-electron chi connectivity index (χ3n) is 5.32. The third kappa shape index (κ3) is 4.73. The van der Waals surface area contributed by atoms with E-state index in [1.54, 1.807) is 23.9 Å². The first kappa shape index (κ1) is 21.8. The molecule has 2 N–H and O–H groups in total. The second kappa shape index (κ2) is 9.36. The Labute approximate surface area is 195 Å². The fourth-order valence-corrected chi connectivity index (χ4v) is 3.97. The van der Waals surface area contributed by atoms with E-state index in [0.717, 1.165) is 26.9 Å². The lowest BCUT2D eigenvalue weighted by Crippen LogP contribution is -2.42. The second-order valence-electron chi connectivity index (χ2n) is 7.60. The van der Waals surface area contributed by atoms with Crippen LogP contribution in [-0.4, -0.2) is 35.9 Å². The highest BCUT2D eigenvalue weighted by molar-refractivity contribution is 9.10. The molecule has 1 aliphatic rings. The van der Waals surface area contributed by atoms with Gasteiger partial charge in [0, 0.05) is 21.2 Å². The quantitative estimate of drug-likeness (QED) is 0.532. The van der Waals surface area contributed by atoms with Crippen LogP contribution < -0.4 is 15.5 Å². The fraction of sp³-hybridized carbons (Fsp3) is 0.160. The van der Waals surface area contributed by atoms with Gasteiger partial charge in [-0.25, -0.2) is 0 Å². The van der Waals surface area contributed by atoms with Crippen molar-refractivity contribution < 1.29 is 19.0 Å². The van der Waals surface area contributed by atoms with Gasteiger partial charge in [-0.1, -0.05) is 33.6 Å². The van der Waals surface area contributed by atoms with Gasteiger partial charge in [0.2, 0.25) is 12.3 Å². The van der Waals surface area contributed by atoms with E-state index >= 15 is 0 Å². The van der Waals surface area contributed by atoms with Crippen molar-refractivity contribution in [2.24, 2.45) is 0 Å². The number of ether oxygens (including phenoxy) is 1. The maximum absolute atomic E-state index is 12.9. The first-order valence-corrected chi connectivity index (χ1v) is 10.9. The molecule has 0 aromatic heterocycles. The number of carbonyl (C=O) groups is 2. The number of aryl methyl sites for hydroxylation is 1. The maximum atomic E-state index is 12.9.